The third-order valence-electron chi connectivity index (χ3n) is 9.16. The van der Waals surface area contributed by atoms with Crippen molar-refractivity contribution in [3.05, 3.63) is 200 Å². The molecular formula is C58H80N3O10S3Y-. The number of methoxy groups -OCH3 is 2. The van der Waals surface area contributed by atoms with E-state index in [-0.39, 0.29) is 58.0 Å². The first-order valence-electron chi connectivity index (χ1n) is 23.2. The van der Waals surface area contributed by atoms with Crippen molar-refractivity contribution in [2.75, 3.05) is 72.3 Å². The van der Waals surface area contributed by atoms with Gasteiger partial charge in [0, 0.05) is 116 Å². The third kappa shape index (κ3) is 44.5. The fraction of sp³-hybridized carbons (Fsp3) is 0.310. The first-order chi connectivity index (χ1) is 34.9. The number of piperazine rings is 1. The summed E-state index contributed by atoms with van der Waals surface area (Å²) in [5.74, 6) is -0.332. The van der Waals surface area contributed by atoms with Gasteiger partial charge in [-0.15, -0.1) is 11.8 Å². The van der Waals surface area contributed by atoms with Crippen LogP contribution in [0.15, 0.2) is 215 Å². The van der Waals surface area contributed by atoms with Crippen molar-refractivity contribution in [2.24, 2.45) is 0 Å². The number of ether oxygens (including phenoxy) is 2. The van der Waals surface area contributed by atoms with Crippen LogP contribution >= 0.6 is 11.8 Å². The van der Waals surface area contributed by atoms with Gasteiger partial charge in [0.25, 0.3) is 0 Å². The minimum absolute atomic E-state index is 0. The van der Waals surface area contributed by atoms with Gasteiger partial charge in [-0.3, -0.25) is 19.3 Å². The normalized spacial score (nSPS) is 11.7. The maximum Gasteiger partial charge on any atom is 0.302 e. The summed E-state index contributed by atoms with van der Waals surface area (Å²) in [4.78, 5) is 48.5. The molecule has 13 nitrogen and oxygen atoms in total. The summed E-state index contributed by atoms with van der Waals surface area (Å²) in [6.45, 7) is 13.4. The van der Waals surface area contributed by atoms with Crippen LogP contribution in [0, 0.1) is 0 Å². The van der Waals surface area contributed by atoms with E-state index in [0.717, 1.165) is 39.3 Å². The molecule has 2 heterocycles. The van der Waals surface area contributed by atoms with E-state index in [1.807, 2.05) is 153 Å². The first-order valence-corrected chi connectivity index (χ1v) is 28.2. The van der Waals surface area contributed by atoms with E-state index in [4.69, 9.17) is 0 Å². The minimum Gasteiger partial charge on any atom is -0.520 e. The Balaban J connectivity index is -0.000000384. The summed E-state index contributed by atoms with van der Waals surface area (Å²) in [6, 6.07) is 63.5. The van der Waals surface area contributed by atoms with Crippen molar-refractivity contribution in [1.29, 1.82) is 0 Å². The molecule has 0 atom stereocenters. The van der Waals surface area contributed by atoms with Crippen molar-refractivity contribution in [3.63, 3.8) is 0 Å². The molecule has 2 fully saturated rings. The number of likely N-dealkylation sites (tertiary alicyclic amines) is 1. The van der Waals surface area contributed by atoms with Gasteiger partial charge in [0.2, 0.25) is 5.91 Å². The van der Waals surface area contributed by atoms with Gasteiger partial charge in [-0.05, 0) is 42.7 Å². The van der Waals surface area contributed by atoms with Crippen LogP contribution in [0.5, 0.6) is 0 Å². The molecule has 17 heteroatoms. The largest absolute Gasteiger partial charge is 0.520 e. The molecule has 0 N–H and O–H groups in total. The zero-order valence-electron chi connectivity index (χ0n) is 44.6. The molecule has 0 unspecified atom stereocenters. The van der Waals surface area contributed by atoms with E-state index in [1.165, 1.54) is 45.5 Å². The molecule has 0 spiro atoms. The molecule has 6 aromatic rings. The molecular weight excluding hydrogens is 1080 g/mol. The Labute approximate surface area is 480 Å². The van der Waals surface area contributed by atoms with Crippen molar-refractivity contribution in [3.8, 4) is 0 Å². The maximum atomic E-state index is 11.0. The molecule has 409 valence electrons. The van der Waals surface area contributed by atoms with Crippen molar-refractivity contribution in [2.45, 2.75) is 62.8 Å². The number of nitrogens with zero attached hydrogens (tertiary/aromatic N) is 3. The number of carbonyl (C=O) groups is 3. The number of carbonyl (C=O) groups excluding carboxylic acids is 4. The van der Waals surface area contributed by atoms with E-state index in [1.54, 1.807) is 84.2 Å². The van der Waals surface area contributed by atoms with E-state index in [9.17, 15) is 36.0 Å². The second kappa shape index (κ2) is 49.4. The summed E-state index contributed by atoms with van der Waals surface area (Å²) in [7, 11) is -3.31. The average molecular weight is 1160 g/mol. The van der Waals surface area contributed by atoms with Crippen LogP contribution in [0.3, 0.4) is 0 Å². The molecule has 0 bridgehead atoms. The van der Waals surface area contributed by atoms with Crippen LogP contribution in [0.2, 0.25) is 0 Å². The zero-order valence-corrected chi connectivity index (χ0v) is 49.9. The Bertz CT molecular complexity index is 2220. The topological polar surface area (TPSA) is 165 Å². The Kier molecular flexibility index (Phi) is 50.1. The molecule has 0 aliphatic carbocycles. The third-order valence-corrected chi connectivity index (χ3v) is 12.2. The number of hydrogen-bond acceptors (Lipinski definition) is 12. The average Bonchev–Trinajstić information content (AvgIpc) is 3.42. The smallest absolute Gasteiger partial charge is 0.302 e. The van der Waals surface area contributed by atoms with Crippen LogP contribution in [0.4, 0.5) is 0 Å². The van der Waals surface area contributed by atoms with E-state index >= 15 is 0 Å². The molecule has 0 aromatic heterocycles. The Hall–Kier alpha value is -5.49. The van der Waals surface area contributed by atoms with Gasteiger partial charge in [-0.2, -0.15) is 6.41 Å². The van der Waals surface area contributed by atoms with Gasteiger partial charge in [-0.1, -0.05) is 185 Å². The SMILES string of the molecule is C.CC.CC(=O)N1CC(N2CCN([C-]=O)CC2)C1.COC(C)=O.COC(C)=O.CS(=O)(=O)c1ccccc1.CS(=O)(=O)c1ccccc1.CSc1ccccc1.[Y].c1ccccc1.c1ccccc1.c1ccccc1. The molecule has 8 rings (SSSR count). The number of rotatable bonds is 5. The zero-order chi connectivity index (χ0) is 55.2. The monoisotopic (exact) mass is 1160 g/mol. The van der Waals surface area contributed by atoms with Crippen molar-refractivity contribution >= 4 is 55.7 Å². The van der Waals surface area contributed by atoms with Crippen LogP contribution in [-0.4, -0.2) is 134 Å². The second-order valence-corrected chi connectivity index (χ2v) is 19.6. The van der Waals surface area contributed by atoms with Crippen LogP contribution < -0.4 is 0 Å². The second-order valence-electron chi connectivity index (χ2n) is 14.7. The Morgan fingerprint density at radius 3 is 0.920 bits per heavy atom. The Morgan fingerprint density at radius 2 is 0.747 bits per heavy atom. The van der Waals surface area contributed by atoms with Crippen LogP contribution in [0.1, 0.15) is 42.0 Å². The van der Waals surface area contributed by atoms with Gasteiger partial charge in [0.05, 0.1) is 24.0 Å². The summed E-state index contributed by atoms with van der Waals surface area (Å²) < 4.78 is 51.6. The van der Waals surface area contributed by atoms with Crippen molar-refractivity contribution in [1.82, 2.24) is 14.7 Å². The summed E-state index contributed by atoms with van der Waals surface area (Å²) in [6.07, 6.45) is 6.39. The van der Waals surface area contributed by atoms with Gasteiger partial charge in [0.1, 0.15) is 0 Å². The molecule has 2 aliphatic rings. The summed E-state index contributed by atoms with van der Waals surface area (Å²) >= 11 is 1.77. The maximum absolute atomic E-state index is 11.0. The van der Waals surface area contributed by atoms with Crippen LogP contribution in [-0.2, 0) is 81.0 Å². The summed E-state index contributed by atoms with van der Waals surface area (Å²) in [5, 5.41) is 0. The molecule has 2 aliphatic heterocycles. The standard InChI is InChI=1S/C10H16N3O2.2C7H8O2S.C7H8S.3C6H6.2C3H6O2.C2H6.CH4.Y/c1-9(15)13-6-10(7-13)12-4-2-11(8-14)3-5-12;2*1-10(8,9)7-5-3-2-4-6-7;1-8-7-5-3-2-4-6-7;3*1-2-4-6-5-3-1;2*1-3(4)5-2;1-2;;/h10H,2-7H2,1H3;2*2-6H,1H3;2-6H,1H3;3*1-6H;2*1-2H3;1-2H3;1H4;/q-1;;;;;;;;;;;. The predicted molar refractivity (Wildman–Crippen MR) is 305 cm³/mol. The van der Waals surface area contributed by atoms with E-state index in [2.05, 4.69) is 32.8 Å². The fourth-order valence-electron chi connectivity index (χ4n) is 5.17. The molecule has 1 radical (unpaired) electrons. The molecule has 0 saturated carbocycles. The van der Waals surface area contributed by atoms with Gasteiger partial charge >= 0.3 is 11.9 Å². The molecule has 6 aromatic carbocycles. The number of amides is 2. The first kappa shape index (κ1) is 76.0. The van der Waals surface area contributed by atoms with Crippen molar-refractivity contribution < 1.29 is 78.2 Å². The minimum atomic E-state index is -3.00. The number of thioether (sulfide) groups is 1. The van der Waals surface area contributed by atoms with Gasteiger partial charge in [0.15, 0.2) is 19.7 Å². The quantitative estimate of drug-likeness (QED) is 0.0913. The molecule has 2 amide bonds. The predicted octanol–water partition coefficient (Wildman–Crippen LogP) is 10.6. The number of hydrogen-bond donors (Lipinski definition) is 0. The number of benzene rings is 6. The molecule has 75 heavy (non-hydrogen) atoms. The van der Waals surface area contributed by atoms with Gasteiger partial charge < -0.3 is 24.1 Å². The Morgan fingerprint density at radius 1 is 0.507 bits per heavy atom. The van der Waals surface area contributed by atoms with E-state index < -0.39 is 19.7 Å². The van der Waals surface area contributed by atoms with E-state index in [0.29, 0.717) is 15.8 Å². The fourth-order valence-corrected chi connectivity index (χ4v) is 6.90. The summed E-state index contributed by atoms with van der Waals surface area (Å²) in [5.41, 5.74) is 0. The molecule has 2 saturated heterocycles. The number of sulfone groups is 2. The van der Waals surface area contributed by atoms with Crippen LogP contribution in [0.25, 0.3) is 0 Å². The van der Waals surface area contributed by atoms with Gasteiger partial charge in [-0.25, -0.2) is 16.8 Å². The number of esters is 2.